The van der Waals surface area contributed by atoms with Crippen LogP contribution in [0.1, 0.15) is 43.5 Å². The summed E-state index contributed by atoms with van der Waals surface area (Å²) in [6.07, 6.45) is 10.6. The zero-order chi connectivity index (χ0) is 19.2. The van der Waals surface area contributed by atoms with Crippen molar-refractivity contribution in [3.8, 4) is 11.1 Å². The molecule has 1 aliphatic carbocycles. The highest BCUT2D eigenvalue weighted by molar-refractivity contribution is 7.17. The van der Waals surface area contributed by atoms with Gasteiger partial charge >= 0.3 is 0 Å². The van der Waals surface area contributed by atoms with Gasteiger partial charge in [0.05, 0.1) is 11.7 Å². The van der Waals surface area contributed by atoms with E-state index in [1.54, 1.807) is 11.3 Å². The Bertz CT molecular complexity index is 1120. The van der Waals surface area contributed by atoms with Gasteiger partial charge in [-0.1, -0.05) is 30.3 Å². The van der Waals surface area contributed by atoms with E-state index in [0.29, 0.717) is 12.0 Å². The van der Waals surface area contributed by atoms with Crippen molar-refractivity contribution in [3.63, 3.8) is 0 Å². The molecule has 146 valence electrons. The number of hydrogen-bond acceptors (Lipinski definition) is 5. The summed E-state index contributed by atoms with van der Waals surface area (Å²) in [5.74, 6) is 2.75. The molecule has 0 N–H and O–H groups in total. The van der Waals surface area contributed by atoms with Crippen LogP contribution in [0, 0.1) is 0 Å². The van der Waals surface area contributed by atoms with E-state index in [2.05, 4.69) is 56.4 Å². The first-order valence-electron chi connectivity index (χ1n) is 10.4. The van der Waals surface area contributed by atoms with Gasteiger partial charge in [0, 0.05) is 48.4 Å². The van der Waals surface area contributed by atoms with Crippen LogP contribution in [0.15, 0.2) is 54.4 Å². The lowest BCUT2D eigenvalue weighted by molar-refractivity contribution is 0.395. The van der Waals surface area contributed by atoms with Crippen molar-refractivity contribution < 1.29 is 0 Å². The normalized spacial score (nSPS) is 17.9. The third kappa shape index (κ3) is 3.12. The molecule has 1 aliphatic heterocycles. The molecule has 4 heterocycles. The van der Waals surface area contributed by atoms with E-state index in [9.17, 15) is 0 Å². The Morgan fingerprint density at radius 1 is 0.966 bits per heavy atom. The number of benzene rings is 1. The molecule has 0 amide bonds. The third-order valence-electron chi connectivity index (χ3n) is 6.17. The monoisotopic (exact) mass is 401 g/mol. The second kappa shape index (κ2) is 6.95. The number of hydrogen-bond donors (Lipinski definition) is 0. The van der Waals surface area contributed by atoms with Crippen molar-refractivity contribution in [3.05, 3.63) is 60.3 Å². The van der Waals surface area contributed by atoms with Gasteiger partial charge in [-0.15, -0.1) is 11.3 Å². The first-order valence-corrected chi connectivity index (χ1v) is 11.3. The number of thiophene rings is 1. The van der Waals surface area contributed by atoms with Crippen LogP contribution in [0.5, 0.6) is 0 Å². The van der Waals surface area contributed by atoms with E-state index in [1.165, 1.54) is 29.4 Å². The molecule has 6 rings (SSSR count). The quantitative estimate of drug-likeness (QED) is 0.467. The maximum Gasteiger partial charge on any atom is 0.141 e. The highest BCUT2D eigenvalue weighted by Crippen LogP contribution is 2.44. The van der Waals surface area contributed by atoms with Crippen molar-refractivity contribution in [1.29, 1.82) is 0 Å². The molecule has 2 fully saturated rings. The molecule has 2 aliphatic rings. The van der Waals surface area contributed by atoms with Gasteiger partial charge in [-0.25, -0.2) is 15.0 Å². The molecule has 1 aromatic carbocycles. The van der Waals surface area contributed by atoms with Gasteiger partial charge in [-0.05, 0) is 31.2 Å². The van der Waals surface area contributed by atoms with Crippen molar-refractivity contribution in [2.24, 2.45) is 0 Å². The van der Waals surface area contributed by atoms with E-state index in [0.717, 1.165) is 42.4 Å². The first kappa shape index (κ1) is 17.2. The van der Waals surface area contributed by atoms with Gasteiger partial charge in [-0.3, -0.25) is 0 Å². The SMILES string of the molecule is c1ccc(-c2csc3nc(C4CC4)nc(N4CCC(n5ccnc5)CC4)c23)cc1. The van der Waals surface area contributed by atoms with Crippen LogP contribution in [0.25, 0.3) is 21.3 Å². The van der Waals surface area contributed by atoms with Crippen LogP contribution in [0.3, 0.4) is 0 Å². The molecule has 6 heteroatoms. The van der Waals surface area contributed by atoms with E-state index in [4.69, 9.17) is 9.97 Å². The van der Waals surface area contributed by atoms with Gasteiger partial charge in [0.15, 0.2) is 0 Å². The second-order valence-corrected chi connectivity index (χ2v) is 8.96. The minimum atomic E-state index is 0.532. The molecule has 0 radical (unpaired) electrons. The lowest BCUT2D eigenvalue weighted by Crippen LogP contribution is -2.35. The molecule has 0 bridgehead atoms. The van der Waals surface area contributed by atoms with Crippen LogP contribution in [-0.2, 0) is 0 Å². The second-order valence-electron chi connectivity index (χ2n) is 8.10. The fraction of sp³-hybridized carbons (Fsp3) is 0.348. The summed E-state index contributed by atoms with van der Waals surface area (Å²) in [5.41, 5.74) is 2.51. The Kier molecular flexibility index (Phi) is 4.11. The Morgan fingerprint density at radius 3 is 2.52 bits per heavy atom. The molecule has 1 saturated heterocycles. The number of nitrogens with zero attached hydrogens (tertiary/aromatic N) is 5. The number of piperidine rings is 1. The van der Waals surface area contributed by atoms with Crippen LogP contribution >= 0.6 is 11.3 Å². The summed E-state index contributed by atoms with van der Waals surface area (Å²) >= 11 is 1.75. The van der Waals surface area contributed by atoms with Crippen LogP contribution in [0.2, 0.25) is 0 Å². The van der Waals surface area contributed by atoms with Crippen molar-refractivity contribution in [1.82, 2.24) is 19.5 Å². The van der Waals surface area contributed by atoms with E-state index in [1.807, 2.05) is 12.5 Å². The highest BCUT2D eigenvalue weighted by Gasteiger charge is 2.30. The van der Waals surface area contributed by atoms with Gasteiger partial charge in [0.2, 0.25) is 0 Å². The number of anilines is 1. The smallest absolute Gasteiger partial charge is 0.141 e. The number of imidazole rings is 1. The molecule has 29 heavy (non-hydrogen) atoms. The summed E-state index contributed by atoms with van der Waals surface area (Å²) in [6.45, 7) is 2.03. The molecular formula is C23H23N5S. The maximum atomic E-state index is 5.14. The molecule has 0 unspecified atom stereocenters. The maximum absolute atomic E-state index is 5.14. The molecule has 0 atom stereocenters. The fourth-order valence-corrected chi connectivity index (χ4v) is 5.33. The zero-order valence-electron chi connectivity index (χ0n) is 16.2. The Morgan fingerprint density at radius 2 is 1.79 bits per heavy atom. The summed E-state index contributed by atoms with van der Waals surface area (Å²) < 4.78 is 2.25. The Hall–Kier alpha value is -2.73. The van der Waals surface area contributed by atoms with Crippen LogP contribution in [0.4, 0.5) is 5.82 Å². The number of rotatable bonds is 4. The lowest BCUT2D eigenvalue weighted by atomic mass is 10.0. The van der Waals surface area contributed by atoms with Gasteiger partial charge in [0.1, 0.15) is 16.5 Å². The summed E-state index contributed by atoms with van der Waals surface area (Å²) in [4.78, 5) is 17.9. The number of fused-ring (bicyclic) bond motifs is 1. The molecular weight excluding hydrogens is 378 g/mol. The lowest BCUT2D eigenvalue weighted by Gasteiger charge is -2.34. The average molecular weight is 402 g/mol. The molecule has 5 nitrogen and oxygen atoms in total. The van der Waals surface area contributed by atoms with Crippen molar-refractivity contribution in [2.75, 3.05) is 18.0 Å². The topological polar surface area (TPSA) is 46.8 Å². The zero-order valence-corrected chi connectivity index (χ0v) is 17.1. The van der Waals surface area contributed by atoms with Crippen LogP contribution < -0.4 is 4.90 Å². The van der Waals surface area contributed by atoms with E-state index >= 15 is 0 Å². The van der Waals surface area contributed by atoms with Gasteiger partial charge < -0.3 is 9.47 Å². The van der Waals surface area contributed by atoms with Crippen molar-refractivity contribution in [2.45, 2.75) is 37.6 Å². The highest BCUT2D eigenvalue weighted by atomic mass is 32.1. The molecule has 1 saturated carbocycles. The van der Waals surface area contributed by atoms with E-state index in [-0.39, 0.29) is 0 Å². The number of aromatic nitrogens is 4. The fourth-order valence-electron chi connectivity index (χ4n) is 4.38. The standard InChI is InChI=1S/C23H23N5S/c1-2-4-16(5-3-1)19-14-29-23-20(19)22(25-21(26-23)17-6-7-17)27-11-8-18(9-12-27)28-13-10-24-15-28/h1-5,10,13-15,17-18H,6-9,11-12H2. The Balaban J connectivity index is 1.40. The molecule has 0 spiro atoms. The first-order chi connectivity index (χ1) is 14.4. The molecule has 3 aromatic heterocycles. The predicted molar refractivity (Wildman–Crippen MR) is 118 cm³/mol. The van der Waals surface area contributed by atoms with E-state index < -0.39 is 0 Å². The summed E-state index contributed by atoms with van der Waals surface area (Å²) in [7, 11) is 0. The van der Waals surface area contributed by atoms with Gasteiger partial charge in [-0.2, -0.15) is 0 Å². The third-order valence-corrected chi connectivity index (χ3v) is 7.04. The molecule has 4 aromatic rings. The summed E-state index contributed by atoms with van der Waals surface area (Å²) in [5, 5.41) is 3.49. The predicted octanol–water partition coefficient (Wildman–Crippen LogP) is 5.27. The minimum absolute atomic E-state index is 0.532. The van der Waals surface area contributed by atoms with Gasteiger partial charge in [0.25, 0.3) is 0 Å². The Labute approximate surface area is 174 Å². The average Bonchev–Trinajstić information content (AvgIpc) is 3.31. The summed E-state index contributed by atoms with van der Waals surface area (Å²) in [6, 6.07) is 11.2. The largest absolute Gasteiger partial charge is 0.356 e. The van der Waals surface area contributed by atoms with Crippen LogP contribution in [-0.4, -0.2) is 32.6 Å². The minimum Gasteiger partial charge on any atom is -0.356 e. The van der Waals surface area contributed by atoms with Crippen molar-refractivity contribution >= 4 is 27.4 Å².